The SMILES string of the molecule is COCCC(C)(Sc1ncccn1)C(=O)O. The van der Waals surface area contributed by atoms with Crippen molar-refractivity contribution in [3.05, 3.63) is 18.5 Å². The van der Waals surface area contributed by atoms with Gasteiger partial charge in [0.05, 0.1) is 0 Å². The number of rotatable bonds is 6. The Kier molecular flexibility index (Phi) is 4.70. The Bertz CT molecular complexity index is 347. The molecule has 1 N–H and O–H groups in total. The van der Waals surface area contributed by atoms with Gasteiger partial charge in [-0.2, -0.15) is 0 Å². The molecule has 0 bridgehead atoms. The van der Waals surface area contributed by atoms with Crippen molar-refractivity contribution < 1.29 is 14.6 Å². The van der Waals surface area contributed by atoms with Crippen molar-refractivity contribution in [2.24, 2.45) is 0 Å². The van der Waals surface area contributed by atoms with Crippen molar-refractivity contribution in [1.82, 2.24) is 9.97 Å². The Morgan fingerprint density at radius 1 is 1.56 bits per heavy atom. The van der Waals surface area contributed by atoms with Crippen LogP contribution in [0.15, 0.2) is 23.6 Å². The Morgan fingerprint density at radius 2 is 2.19 bits per heavy atom. The lowest BCUT2D eigenvalue weighted by molar-refractivity contribution is -0.139. The number of hydrogen-bond donors (Lipinski definition) is 1. The minimum Gasteiger partial charge on any atom is -0.480 e. The third-order valence-corrected chi connectivity index (χ3v) is 3.32. The number of carboxylic acids is 1. The summed E-state index contributed by atoms with van der Waals surface area (Å²) in [4.78, 5) is 19.2. The zero-order valence-corrected chi connectivity index (χ0v) is 10.0. The molecule has 0 fully saturated rings. The van der Waals surface area contributed by atoms with Crippen LogP contribution in [0.25, 0.3) is 0 Å². The summed E-state index contributed by atoms with van der Waals surface area (Å²) in [7, 11) is 1.55. The van der Waals surface area contributed by atoms with Crippen LogP contribution < -0.4 is 0 Å². The Morgan fingerprint density at radius 3 is 2.69 bits per heavy atom. The molecule has 0 aliphatic heterocycles. The molecule has 1 atom stereocenters. The summed E-state index contributed by atoms with van der Waals surface area (Å²) in [6.07, 6.45) is 3.59. The first-order valence-electron chi connectivity index (χ1n) is 4.77. The first-order chi connectivity index (χ1) is 7.58. The second-order valence-electron chi connectivity index (χ2n) is 3.41. The van der Waals surface area contributed by atoms with Gasteiger partial charge >= 0.3 is 5.97 Å². The molecule has 0 aliphatic rings. The van der Waals surface area contributed by atoms with Gasteiger partial charge in [0.2, 0.25) is 0 Å². The van der Waals surface area contributed by atoms with Crippen LogP contribution in [-0.2, 0) is 9.53 Å². The molecule has 6 heteroatoms. The highest BCUT2D eigenvalue weighted by atomic mass is 32.2. The molecule has 0 radical (unpaired) electrons. The van der Waals surface area contributed by atoms with Crippen LogP contribution in [0.2, 0.25) is 0 Å². The highest BCUT2D eigenvalue weighted by Crippen LogP contribution is 2.33. The molecule has 0 aromatic carbocycles. The van der Waals surface area contributed by atoms with Crippen molar-refractivity contribution in [2.45, 2.75) is 23.2 Å². The summed E-state index contributed by atoms with van der Waals surface area (Å²) in [5.41, 5.74) is 0. The van der Waals surface area contributed by atoms with Crippen LogP contribution in [0.3, 0.4) is 0 Å². The molecule has 1 unspecified atom stereocenters. The maximum Gasteiger partial charge on any atom is 0.320 e. The number of aliphatic carboxylic acids is 1. The zero-order chi connectivity index (χ0) is 12.0. The van der Waals surface area contributed by atoms with Gasteiger partial charge in [0, 0.05) is 26.1 Å². The van der Waals surface area contributed by atoms with E-state index < -0.39 is 10.7 Å². The first-order valence-corrected chi connectivity index (χ1v) is 5.58. The lowest BCUT2D eigenvalue weighted by atomic mass is 10.1. The van der Waals surface area contributed by atoms with Crippen molar-refractivity contribution in [1.29, 1.82) is 0 Å². The van der Waals surface area contributed by atoms with E-state index >= 15 is 0 Å². The van der Waals surface area contributed by atoms with E-state index in [1.807, 2.05) is 0 Å². The molecule has 0 saturated heterocycles. The van der Waals surface area contributed by atoms with Crippen LogP contribution >= 0.6 is 11.8 Å². The van der Waals surface area contributed by atoms with Gasteiger partial charge in [-0.1, -0.05) is 11.8 Å². The predicted octanol–water partition coefficient (Wildman–Crippen LogP) is 1.45. The lowest BCUT2D eigenvalue weighted by Crippen LogP contribution is -2.33. The molecular formula is C10H14N2O3S. The van der Waals surface area contributed by atoms with Crippen LogP contribution in [0, 0.1) is 0 Å². The van der Waals surface area contributed by atoms with E-state index in [9.17, 15) is 9.90 Å². The number of hydrogen-bond acceptors (Lipinski definition) is 5. The fourth-order valence-electron chi connectivity index (χ4n) is 1.04. The molecule has 1 aromatic rings. The highest BCUT2D eigenvalue weighted by molar-refractivity contribution is 8.01. The van der Waals surface area contributed by atoms with Crippen LogP contribution in [0.1, 0.15) is 13.3 Å². The molecule has 1 heterocycles. The topological polar surface area (TPSA) is 72.3 Å². The molecule has 16 heavy (non-hydrogen) atoms. The van der Waals surface area contributed by atoms with E-state index in [-0.39, 0.29) is 0 Å². The molecule has 5 nitrogen and oxygen atoms in total. The number of aromatic nitrogens is 2. The van der Waals surface area contributed by atoms with E-state index in [1.54, 1.807) is 32.5 Å². The average molecular weight is 242 g/mol. The maximum atomic E-state index is 11.2. The minimum absolute atomic E-state index is 0.392. The molecular weight excluding hydrogens is 228 g/mol. The molecule has 0 aliphatic carbocycles. The van der Waals surface area contributed by atoms with Gasteiger partial charge < -0.3 is 9.84 Å². The number of carbonyl (C=O) groups is 1. The van der Waals surface area contributed by atoms with Crippen LogP contribution in [-0.4, -0.2) is 39.5 Å². The maximum absolute atomic E-state index is 11.2. The number of methoxy groups -OCH3 is 1. The third kappa shape index (κ3) is 3.46. The van der Waals surface area contributed by atoms with E-state index in [1.165, 1.54) is 0 Å². The fraction of sp³-hybridized carbons (Fsp3) is 0.500. The summed E-state index contributed by atoms with van der Waals surface area (Å²) in [5, 5.41) is 9.65. The number of thioether (sulfide) groups is 1. The summed E-state index contributed by atoms with van der Waals surface area (Å²) in [5.74, 6) is -0.887. The van der Waals surface area contributed by atoms with Gasteiger partial charge in [-0.25, -0.2) is 9.97 Å². The largest absolute Gasteiger partial charge is 0.480 e. The Labute approximate surface area is 98.3 Å². The van der Waals surface area contributed by atoms with Crippen LogP contribution in [0.4, 0.5) is 0 Å². The van der Waals surface area contributed by atoms with Crippen molar-refractivity contribution >= 4 is 17.7 Å². The van der Waals surface area contributed by atoms with E-state index in [2.05, 4.69) is 9.97 Å². The summed E-state index contributed by atoms with van der Waals surface area (Å²) in [6.45, 7) is 2.04. The summed E-state index contributed by atoms with van der Waals surface area (Å²) < 4.78 is 3.95. The van der Waals surface area contributed by atoms with Gasteiger partial charge in [-0.3, -0.25) is 4.79 Å². The Balaban J connectivity index is 2.75. The highest BCUT2D eigenvalue weighted by Gasteiger charge is 2.35. The Hall–Kier alpha value is -1.14. The van der Waals surface area contributed by atoms with Gasteiger partial charge in [-0.15, -0.1) is 0 Å². The fourth-order valence-corrected chi connectivity index (χ4v) is 1.94. The summed E-state index contributed by atoms with van der Waals surface area (Å²) in [6, 6.07) is 1.69. The van der Waals surface area contributed by atoms with E-state index in [0.29, 0.717) is 18.2 Å². The number of nitrogens with zero attached hydrogens (tertiary/aromatic N) is 2. The molecule has 0 spiro atoms. The van der Waals surface area contributed by atoms with Gasteiger partial charge in [0.15, 0.2) is 5.16 Å². The standard InChI is InChI=1S/C10H14N2O3S/c1-10(8(13)14,4-7-15-2)16-9-11-5-3-6-12-9/h3,5-6H,4,7H2,1-2H3,(H,13,14). The van der Waals surface area contributed by atoms with E-state index in [4.69, 9.17) is 4.74 Å². The monoisotopic (exact) mass is 242 g/mol. The normalized spacial score (nSPS) is 14.4. The van der Waals surface area contributed by atoms with Crippen LogP contribution in [0.5, 0.6) is 0 Å². The zero-order valence-electron chi connectivity index (χ0n) is 9.21. The molecule has 0 saturated carbocycles. The average Bonchev–Trinajstić information content (AvgIpc) is 2.27. The molecule has 0 amide bonds. The number of ether oxygens (including phenoxy) is 1. The predicted molar refractivity (Wildman–Crippen MR) is 60.4 cm³/mol. The van der Waals surface area contributed by atoms with Crippen molar-refractivity contribution in [3.63, 3.8) is 0 Å². The smallest absolute Gasteiger partial charge is 0.320 e. The van der Waals surface area contributed by atoms with E-state index in [0.717, 1.165) is 11.8 Å². The van der Waals surface area contributed by atoms with Crippen molar-refractivity contribution in [3.8, 4) is 0 Å². The third-order valence-electron chi connectivity index (χ3n) is 2.09. The second kappa shape index (κ2) is 5.81. The van der Waals surface area contributed by atoms with Gasteiger partial charge in [0.1, 0.15) is 4.75 Å². The van der Waals surface area contributed by atoms with Gasteiger partial charge in [0.25, 0.3) is 0 Å². The molecule has 1 rings (SSSR count). The minimum atomic E-state index is -0.961. The molecule has 88 valence electrons. The lowest BCUT2D eigenvalue weighted by Gasteiger charge is -2.22. The van der Waals surface area contributed by atoms with Crippen molar-refractivity contribution in [2.75, 3.05) is 13.7 Å². The second-order valence-corrected chi connectivity index (χ2v) is 4.88. The number of carboxylic acid groups (broad SMARTS) is 1. The quantitative estimate of drug-likeness (QED) is 0.601. The molecule has 1 aromatic heterocycles. The summed E-state index contributed by atoms with van der Waals surface area (Å²) >= 11 is 1.14. The first kappa shape index (κ1) is 12.9. The van der Waals surface area contributed by atoms with Gasteiger partial charge in [-0.05, 0) is 19.4 Å².